The Labute approximate surface area is 297 Å². The summed E-state index contributed by atoms with van der Waals surface area (Å²) in [4.78, 5) is 9.78. The first kappa shape index (κ1) is 30.1. The average Bonchev–Trinajstić information content (AvgIpc) is 3.68. The van der Waals surface area contributed by atoms with Gasteiger partial charge in [-0.15, -0.1) is 11.3 Å². The van der Waals surface area contributed by atoms with E-state index in [4.69, 9.17) is 4.98 Å². The molecular formula is C46H35N3S. The third-order valence-electron chi connectivity index (χ3n) is 9.84. The molecule has 8 aromatic rings. The van der Waals surface area contributed by atoms with Crippen molar-refractivity contribution in [1.82, 2.24) is 4.98 Å². The monoisotopic (exact) mass is 661 g/mol. The zero-order chi connectivity index (χ0) is 33.7. The van der Waals surface area contributed by atoms with Gasteiger partial charge in [0.25, 0.3) is 0 Å². The lowest BCUT2D eigenvalue weighted by Crippen LogP contribution is -2.15. The second kappa shape index (κ2) is 12.2. The average molecular weight is 662 g/mol. The zero-order valence-electron chi connectivity index (χ0n) is 28.0. The van der Waals surface area contributed by atoms with Crippen LogP contribution in [-0.2, 0) is 5.41 Å². The molecule has 240 valence electrons. The lowest BCUT2D eigenvalue weighted by molar-refractivity contribution is 0.661. The van der Waals surface area contributed by atoms with Gasteiger partial charge >= 0.3 is 0 Å². The number of hydrogen-bond donors (Lipinski definition) is 0. The molecule has 7 aromatic carbocycles. The highest BCUT2D eigenvalue weighted by atomic mass is 32.1. The van der Waals surface area contributed by atoms with Crippen LogP contribution in [0.1, 0.15) is 25.0 Å². The maximum atomic E-state index is 5.09. The largest absolute Gasteiger partial charge is 0.310 e. The second-order valence-corrected chi connectivity index (χ2v) is 14.3. The standard InChI is InChI=1S/C46H35N3S/c1-46(2)41-27-26-38(29-39(41)40-30-44-43(31-42(40)46)47-45(50-44)32-16-7-3-8-17-32)49(35-22-13-6-14-23-35)37-25-15-24-36(28-37)48(33-18-9-4-10-19-33)34-20-11-5-12-21-34/h3-31H,1-2H3. The number of fused-ring (bicyclic) bond motifs is 4. The highest BCUT2D eigenvalue weighted by Crippen LogP contribution is 2.52. The molecule has 0 saturated heterocycles. The third-order valence-corrected chi connectivity index (χ3v) is 10.9. The minimum atomic E-state index is -0.142. The highest BCUT2D eigenvalue weighted by Gasteiger charge is 2.36. The van der Waals surface area contributed by atoms with Gasteiger partial charge in [-0.25, -0.2) is 4.98 Å². The molecule has 0 atom stereocenters. The number of benzene rings is 7. The summed E-state index contributed by atoms with van der Waals surface area (Å²) in [6, 6.07) is 62.9. The van der Waals surface area contributed by atoms with Crippen LogP contribution in [0.2, 0.25) is 0 Å². The minimum absolute atomic E-state index is 0.142. The molecule has 0 N–H and O–H groups in total. The summed E-state index contributed by atoms with van der Waals surface area (Å²) in [5.41, 5.74) is 14.0. The lowest BCUT2D eigenvalue weighted by Gasteiger charge is -2.30. The molecule has 0 bridgehead atoms. The Hall–Kier alpha value is -5.97. The van der Waals surface area contributed by atoms with E-state index in [1.54, 1.807) is 11.3 Å². The Morgan fingerprint density at radius 3 is 1.50 bits per heavy atom. The van der Waals surface area contributed by atoms with Gasteiger partial charge < -0.3 is 9.80 Å². The van der Waals surface area contributed by atoms with E-state index in [2.05, 4.69) is 200 Å². The number of aromatic nitrogens is 1. The van der Waals surface area contributed by atoms with Gasteiger partial charge in [0.2, 0.25) is 0 Å². The van der Waals surface area contributed by atoms with Crippen molar-refractivity contribution in [3.63, 3.8) is 0 Å². The van der Waals surface area contributed by atoms with Gasteiger partial charge in [0.1, 0.15) is 5.01 Å². The van der Waals surface area contributed by atoms with Gasteiger partial charge in [-0.3, -0.25) is 0 Å². The van der Waals surface area contributed by atoms with Crippen molar-refractivity contribution in [2.75, 3.05) is 9.80 Å². The van der Waals surface area contributed by atoms with Crippen LogP contribution in [0.25, 0.3) is 31.9 Å². The van der Waals surface area contributed by atoms with Crippen LogP contribution < -0.4 is 9.80 Å². The summed E-state index contributed by atoms with van der Waals surface area (Å²) in [7, 11) is 0. The number of rotatable bonds is 7. The summed E-state index contributed by atoms with van der Waals surface area (Å²) in [5.74, 6) is 0. The summed E-state index contributed by atoms with van der Waals surface area (Å²) >= 11 is 1.77. The van der Waals surface area contributed by atoms with Crippen LogP contribution >= 0.6 is 11.3 Å². The summed E-state index contributed by atoms with van der Waals surface area (Å²) in [5, 5.41) is 1.06. The normalized spacial score (nSPS) is 12.8. The molecule has 1 aromatic heterocycles. The fourth-order valence-corrected chi connectivity index (χ4v) is 8.39. The molecule has 1 heterocycles. The van der Waals surface area contributed by atoms with Crippen LogP contribution in [-0.4, -0.2) is 4.98 Å². The molecule has 0 fully saturated rings. The van der Waals surface area contributed by atoms with Crippen molar-refractivity contribution in [2.24, 2.45) is 0 Å². The molecule has 0 unspecified atom stereocenters. The van der Waals surface area contributed by atoms with Crippen LogP contribution in [0, 0.1) is 0 Å². The maximum Gasteiger partial charge on any atom is 0.124 e. The first-order valence-corrected chi connectivity index (χ1v) is 17.9. The lowest BCUT2D eigenvalue weighted by atomic mass is 9.82. The van der Waals surface area contributed by atoms with Gasteiger partial charge in [0.05, 0.1) is 10.2 Å². The van der Waals surface area contributed by atoms with Crippen LogP contribution in [0.4, 0.5) is 34.1 Å². The number of hydrogen-bond acceptors (Lipinski definition) is 4. The molecule has 0 radical (unpaired) electrons. The molecule has 0 aliphatic heterocycles. The summed E-state index contributed by atoms with van der Waals surface area (Å²) < 4.78 is 1.21. The topological polar surface area (TPSA) is 19.4 Å². The van der Waals surface area contributed by atoms with Crippen LogP contribution in [0.3, 0.4) is 0 Å². The Morgan fingerprint density at radius 2 is 0.920 bits per heavy atom. The first-order valence-electron chi connectivity index (χ1n) is 17.1. The Bertz CT molecular complexity index is 2410. The van der Waals surface area contributed by atoms with E-state index < -0.39 is 0 Å². The number of thiazole rings is 1. The predicted octanol–water partition coefficient (Wildman–Crippen LogP) is 13.2. The molecule has 4 heteroatoms. The molecule has 9 rings (SSSR count). The molecule has 0 spiro atoms. The summed E-state index contributed by atoms with van der Waals surface area (Å²) in [6.45, 7) is 4.68. The van der Waals surface area contributed by atoms with E-state index in [0.717, 1.165) is 50.2 Å². The summed E-state index contributed by atoms with van der Waals surface area (Å²) in [6.07, 6.45) is 0. The van der Waals surface area contributed by atoms with E-state index >= 15 is 0 Å². The van der Waals surface area contributed by atoms with Crippen LogP contribution in [0.5, 0.6) is 0 Å². The molecular weight excluding hydrogens is 627 g/mol. The fourth-order valence-electron chi connectivity index (χ4n) is 7.40. The fraction of sp³-hybridized carbons (Fsp3) is 0.0652. The van der Waals surface area contributed by atoms with E-state index in [-0.39, 0.29) is 5.41 Å². The molecule has 0 saturated carbocycles. The van der Waals surface area contributed by atoms with E-state index in [1.165, 1.54) is 27.0 Å². The van der Waals surface area contributed by atoms with E-state index in [9.17, 15) is 0 Å². The van der Waals surface area contributed by atoms with Crippen molar-refractivity contribution >= 4 is 55.7 Å². The van der Waals surface area contributed by atoms with Gasteiger partial charge in [-0.1, -0.05) is 111 Å². The zero-order valence-corrected chi connectivity index (χ0v) is 28.8. The van der Waals surface area contributed by atoms with Gasteiger partial charge in [-0.05, 0) is 101 Å². The number of para-hydroxylation sites is 3. The van der Waals surface area contributed by atoms with Crippen molar-refractivity contribution in [1.29, 1.82) is 0 Å². The predicted molar refractivity (Wildman–Crippen MR) is 212 cm³/mol. The molecule has 50 heavy (non-hydrogen) atoms. The maximum absolute atomic E-state index is 5.09. The quantitative estimate of drug-likeness (QED) is 0.169. The van der Waals surface area contributed by atoms with Gasteiger partial charge in [0, 0.05) is 45.1 Å². The van der Waals surface area contributed by atoms with Crippen molar-refractivity contribution < 1.29 is 0 Å². The Balaban J connectivity index is 1.18. The second-order valence-electron chi connectivity index (χ2n) is 13.3. The molecule has 1 aliphatic carbocycles. The van der Waals surface area contributed by atoms with Crippen molar-refractivity contribution in [3.8, 4) is 21.7 Å². The minimum Gasteiger partial charge on any atom is -0.310 e. The molecule has 0 amide bonds. The number of nitrogens with zero attached hydrogens (tertiary/aromatic N) is 3. The van der Waals surface area contributed by atoms with Crippen LogP contribution in [0.15, 0.2) is 176 Å². The van der Waals surface area contributed by atoms with Crippen molar-refractivity contribution in [2.45, 2.75) is 19.3 Å². The van der Waals surface area contributed by atoms with Gasteiger partial charge in [-0.2, -0.15) is 0 Å². The highest BCUT2D eigenvalue weighted by molar-refractivity contribution is 7.21. The third kappa shape index (κ3) is 5.17. The van der Waals surface area contributed by atoms with E-state index in [0.29, 0.717) is 0 Å². The number of anilines is 6. The SMILES string of the molecule is CC1(C)c2ccc(N(c3ccccc3)c3cccc(N(c4ccccc4)c4ccccc4)c3)cc2-c2cc3sc(-c4ccccc4)nc3cc21. The molecule has 1 aliphatic rings. The van der Waals surface area contributed by atoms with Crippen molar-refractivity contribution in [3.05, 3.63) is 187 Å². The first-order chi connectivity index (χ1) is 24.5. The van der Waals surface area contributed by atoms with Gasteiger partial charge in [0.15, 0.2) is 0 Å². The molecule has 3 nitrogen and oxygen atoms in total. The Kier molecular flexibility index (Phi) is 7.33. The Morgan fingerprint density at radius 1 is 0.440 bits per heavy atom. The van der Waals surface area contributed by atoms with E-state index in [1.807, 2.05) is 0 Å². The smallest absolute Gasteiger partial charge is 0.124 e.